The van der Waals surface area contributed by atoms with Crippen molar-refractivity contribution in [3.63, 3.8) is 0 Å². The average molecular weight is 683 g/mol. The van der Waals surface area contributed by atoms with Crippen LogP contribution in [0.25, 0.3) is 109 Å². The van der Waals surface area contributed by atoms with Crippen molar-refractivity contribution in [3.8, 4) is 44.5 Å². The summed E-state index contributed by atoms with van der Waals surface area (Å²) in [6, 6.07) is 76.0. The quantitative estimate of drug-likeness (QED) is 0.162. The van der Waals surface area contributed by atoms with E-state index in [9.17, 15) is 0 Å². The first-order chi connectivity index (χ1) is 26.8. The predicted octanol–water partition coefficient (Wildman–Crippen LogP) is 15.3. The molecule has 0 heterocycles. The lowest BCUT2D eigenvalue weighted by molar-refractivity contribution is 1.62. The standard InChI is InChI=1S/C54H34/c1-3-12-35(13-4-1)39-22-26-47-49-28-24-41(33-53(49)45-20-9-7-18-43(45)51(47)31-39)37-16-11-17-38(30-37)42-25-29-50-48-27-23-40(36-14-5-2-6-15-36)32-52(48)44-19-8-10-21-46(44)54(50)34-42/h1-34H. The second-order valence-electron chi connectivity index (χ2n) is 14.4. The molecule has 0 aliphatic carbocycles. The summed E-state index contributed by atoms with van der Waals surface area (Å²) in [5.41, 5.74) is 9.85. The molecule has 0 amide bonds. The van der Waals surface area contributed by atoms with Crippen LogP contribution in [0.4, 0.5) is 0 Å². The molecule has 0 aromatic heterocycles. The molecule has 0 radical (unpaired) electrons. The third-order valence-corrected chi connectivity index (χ3v) is 11.4. The molecular formula is C54H34. The topological polar surface area (TPSA) is 0 Å². The van der Waals surface area contributed by atoms with E-state index in [4.69, 9.17) is 0 Å². The van der Waals surface area contributed by atoms with Crippen molar-refractivity contribution in [2.45, 2.75) is 0 Å². The summed E-state index contributed by atoms with van der Waals surface area (Å²) in [6.07, 6.45) is 0. The van der Waals surface area contributed by atoms with Gasteiger partial charge in [0, 0.05) is 0 Å². The molecule has 0 unspecified atom stereocenters. The van der Waals surface area contributed by atoms with Crippen molar-refractivity contribution >= 4 is 64.6 Å². The minimum Gasteiger partial charge on any atom is -0.0622 e. The maximum atomic E-state index is 2.39. The van der Waals surface area contributed by atoms with Gasteiger partial charge in [-0.15, -0.1) is 0 Å². The van der Waals surface area contributed by atoms with Crippen molar-refractivity contribution in [1.82, 2.24) is 0 Å². The lowest BCUT2D eigenvalue weighted by Gasteiger charge is -2.15. The first kappa shape index (κ1) is 30.6. The minimum atomic E-state index is 1.22. The van der Waals surface area contributed by atoms with Gasteiger partial charge in [-0.2, -0.15) is 0 Å². The van der Waals surface area contributed by atoms with Crippen LogP contribution in [-0.4, -0.2) is 0 Å². The summed E-state index contributed by atoms with van der Waals surface area (Å²) in [5, 5.41) is 15.4. The van der Waals surface area contributed by atoms with Crippen molar-refractivity contribution in [2.24, 2.45) is 0 Å². The van der Waals surface area contributed by atoms with Gasteiger partial charge < -0.3 is 0 Å². The molecule has 0 atom stereocenters. The molecule has 0 bridgehead atoms. The van der Waals surface area contributed by atoms with Crippen LogP contribution in [0.5, 0.6) is 0 Å². The van der Waals surface area contributed by atoms with E-state index in [0.717, 1.165) is 0 Å². The van der Waals surface area contributed by atoms with Crippen LogP contribution in [-0.2, 0) is 0 Å². The smallest absolute Gasteiger partial charge is 0.00928 e. The number of rotatable bonds is 4. The Balaban J connectivity index is 1.04. The van der Waals surface area contributed by atoms with Crippen molar-refractivity contribution < 1.29 is 0 Å². The fraction of sp³-hybridized carbons (Fsp3) is 0. The summed E-state index contributed by atoms with van der Waals surface area (Å²) < 4.78 is 0. The minimum absolute atomic E-state index is 1.22. The van der Waals surface area contributed by atoms with E-state index in [1.54, 1.807) is 0 Å². The highest BCUT2D eigenvalue weighted by Crippen LogP contribution is 2.41. The van der Waals surface area contributed by atoms with Crippen LogP contribution < -0.4 is 0 Å². The zero-order valence-electron chi connectivity index (χ0n) is 29.6. The van der Waals surface area contributed by atoms with Crippen molar-refractivity contribution in [1.29, 1.82) is 0 Å². The number of hydrogen-bond donors (Lipinski definition) is 0. The summed E-state index contributed by atoms with van der Waals surface area (Å²) in [5.74, 6) is 0. The maximum Gasteiger partial charge on any atom is -0.00928 e. The van der Waals surface area contributed by atoms with Crippen LogP contribution in [0.3, 0.4) is 0 Å². The number of benzene rings is 11. The van der Waals surface area contributed by atoms with E-state index in [2.05, 4.69) is 206 Å². The highest BCUT2D eigenvalue weighted by Gasteiger charge is 2.14. The maximum absolute atomic E-state index is 2.39. The van der Waals surface area contributed by atoms with Gasteiger partial charge in [-0.05, 0) is 139 Å². The fourth-order valence-corrected chi connectivity index (χ4v) is 8.77. The zero-order chi connectivity index (χ0) is 35.6. The average Bonchev–Trinajstić information content (AvgIpc) is 3.26. The van der Waals surface area contributed by atoms with Crippen LogP contribution >= 0.6 is 0 Å². The molecule has 0 aliphatic rings. The molecule has 0 heteroatoms. The van der Waals surface area contributed by atoms with Gasteiger partial charge in [0.2, 0.25) is 0 Å². The zero-order valence-corrected chi connectivity index (χ0v) is 29.6. The summed E-state index contributed by atoms with van der Waals surface area (Å²) in [7, 11) is 0. The van der Waals surface area contributed by atoms with Crippen molar-refractivity contribution in [3.05, 3.63) is 206 Å². The first-order valence-corrected chi connectivity index (χ1v) is 18.7. The molecule has 0 spiro atoms. The molecule has 54 heavy (non-hydrogen) atoms. The van der Waals surface area contributed by atoms with Crippen molar-refractivity contribution in [2.75, 3.05) is 0 Å². The summed E-state index contributed by atoms with van der Waals surface area (Å²) in [6.45, 7) is 0. The molecule has 11 aromatic rings. The van der Waals surface area contributed by atoms with Gasteiger partial charge in [0.25, 0.3) is 0 Å². The first-order valence-electron chi connectivity index (χ1n) is 18.7. The molecule has 0 saturated heterocycles. The van der Waals surface area contributed by atoms with Gasteiger partial charge >= 0.3 is 0 Å². The van der Waals surface area contributed by atoms with Gasteiger partial charge in [-0.25, -0.2) is 0 Å². The molecule has 0 nitrogen and oxygen atoms in total. The second kappa shape index (κ2) is 12.3. The Morgan fingerprint density at radius 1 is 0.130 bits per heavy atom. The van der Waals surface area contributed by atoms with E-state index in [1.165, 1.54) is 109 Å². The van der Waals surface area contributed by atoms with Crippen LogP contribution in [0.15, 0.2) is 206 Å². The second-order valence-corrected chi connectivity index (χ2v) is 14.4. The largest absolute Gasteiger partial charge is 0.0622 e. The predicted molar refractivity (Wildman–Crippen MR) is 233 cm³/mol. The van der Waals surface area contributed by atoms with Gasteiger partial charge in [0.1, 0.15) is 0 Å². The van der Waals surface area contributed by atoms with Crippen LogP contribution in [0.1, 0.15) is 0 Å². The Hall–Kier alpha value is -7.02. The summed E-state index contributed by atoms with van der Waals surface area (Å²) >= 11 is 0. The Morgan fingerprint density at radius 3 is 0.704 bits per heavy atom. The molecule has 11 rings (SSSR count). The van der Waals surface area contributed by atoms with Gasteiger partial charge in [-0.3, -0.25) is 0 Å². The molecule has 11 aromatic carbocycles. The van der Waals surface area contributed by atoms with Crippen LogP contribution in [0.2, 0.25) is 0 Å². The third-order valence-electron chi connectivity index (χ3n) is 11.4. The normalized spacial score (nSPS) is 11.7. The van der Waals surface area contributed by atoms with E-state index in [1.807, 2.05) is 0 Å². The Kier molecular flexibility index (Phi) is 6.97. The fourth-order valence-electron chi connectivity index (χ4n) is 8.77. The van der Waals surface area contributed by atoms with Crippen LogP contribution in [0, 0.1) is 0 Å². The lowest BCUT2D eigenvalue weighted by atomic mass is 9.89. The third kappa shape index (κ3) is 4.92. The number of fused-ring (bicyclic) bond motifs is 12. The Bertz CT molecular complexity index is 2990. The molecule has 250 valence electrons. The summed E-state index contributed by atoms with van der Waals surface area (Å²) in [4.78, 5) is 0. The molecule has 0 aliphatic heterocycles. The van der Waals surface area contributed by atoms with Gasteiger partial charge in [0.15, 0.2) is 0 Å². The highest BCUT2D eigenvalue weighted by molar-refractivity contribution is 6.27. The van der Waals surface area contributed by atoms with E-state index in [-0.39, 0.29) is 0 Å². The number of hydrogen-bond acceptors (Lipinski definition) is 0. The molecule has 0 fully saturated rings. The van der Waals surface area contributed by atoms with E-state index in [0.29, 0.717) is 0 Å². The van der Waals surface area contributed by atoms with Gasteiger partial charge in [0.05, 0.1) is 0 Å². The monoisotopic (exact) mass is 682 g/mol. The SMILES string of the molecule is c1ccc(-c2ccc3c4ccc(-c5cccc(-c6ccc7c8ccc(-c9ccccc9)cc8c8ccccc8c7c6)c5)cc4c4ccccc4c3c2)cc1. The Morgan fingerprint density at radius 2 is 0.370 bits per heavy atom. The highest BCUT2D eigenvalue weighted by atomic mass is 14.2. The molecular weight excluding hydrogens is 649 g/mol. The van der Waals surface area contributed by atoms with E-state index >= 15 is 0 Å². The Labute approximate surface area is 314 Å². The van der Waals surface area contributed by atoms with E-state index < -0.39 is 0 Å². The molecule has 0 saturated carbocycles. The molecule has 0 N–H and O–H groups in total. The lowest BCUT2D eigenvalue weighted by Crippen LogP contribution is -1.88. The van der Waals surface area contributed by atoms with Gasteiger partial charge in [-0.1, -0.05) is 176 Å².